The molecule has 0 bridgehead atoms. The molecule has 2 N–H and O–H groups in total. The second-order valence-electron chi connectivity index (χ2n) is 4.71. The van der Waals surface area contributed by atoms with Crippen LogP contribution in [0.2, 0.25) is 0 Å². The second kappa shape index (κ2) is 5.20. The van der Waals surface area contributed by atoms with Crippen molar-refractivity contribution >= 4 is 11.5 Å². The number of nitrogens with zero attached hydrogens (tertiary/aromatic N) is 3. The third-order valence-corrected chi connectivity index (χ3v) is 3.35. The van der Waals surface area contributed by atoms with Crippen molar-refractivity contribution in [2.45, 2.75) is 31.3 Å². The van der Waals surface area contributed by atoms with Crippen LogP contribution >= 0.6 is 0 Å². The van der Waals surface area contributed by atoms with Crippen LogP contribution in [0.5, 0.6) is 0 Å². The average Bonchev–Trinajstić information content (AvgIpc) is 2.83. The van der Waals surface area contributed by atoms with Crippen LogP contribution in [0.4, 0.5) is 11.5 Å². The molecule has 7 heteroatoms. The maximum absolute atomic E-state index is 11.0. The van der Waals surface area contributed by atoms with Gasteiger partial charge in [-0.15, -0.1) is 0 Å². The third kappa shape index (κ3) is 2.80. The fourth-order valence-corrected chi connectivity index (χ4v) is 2.32. The summed E-state index contributed by atoms with van der Waals surface area (Å²) in [5.74, 6) is 0.0318. The first-order chi connectivity index (χ1) is 9.06. The normalized spacial score (nSPS) is 16.8. The molecule has 0 unspecified atom stereocenters. The lowest BCUT2D eigenvalue weighted by molar-refractivity contribution is -0.384. The molecule has 2 rings (SSSR count). The van der Waals surface area contributed by atoms with Gasteiger partial charge in [0.15, 0.2) is 0 Å². The van der Waals surface area contributed by atoms with Crippen molar-refractivity contribution < 1.29 is 10.0 Å². The monoisotopic (exact) mass is 262 g/mol. The molecule has 1 fully saturated rings. The summed E-state index contributed by atoms with van der Waals surface area (Å²) in [4.78, 5) is 14.2. The average molecular weight is 262 g/mol. The van der Waals surface area contributed by atoms with Crippen LogP contribution in [-0.2, 0) is 0 Å². The molecule has 0 saturated heterocycles. The Kier molecular flexibility index (Phi) is 3.62. The molecule has 7 nitrogen and oxygen atoms in total. The van der Waals surface area contributed by atoms with Crippen LogP contribution in [-0.4, -0.2) is 27.2 Å². The van der Waals surface area contributed by atoms with E-state index in [1.165, 1.54) is 12.3 Å². The number of aliphatic hydroxyl groups is 1. The lowest BCUT2D eigenvalue weighted by Gasteiger charge is -2.22. The first kappa shape index (κ1) is 13.2. The second-order valence-corrected chi connectivity index (χ2v) is 4.71. The van der Waals surface area contributed by atoms with E-state index in [-0.39, 0.29) is 23.6 Å². The maximum atomic E-state index is 11.0. The van der Waals surface area contributed by atoms with Gasteiger partial charge in [-0.25, -0.2) is 4.98 Å². The van der Waals surface area contributed by atoms with Gasteiger partial charge in [0.25, 0.3) is 0 Å². The van der Waals surface area contributed by atoms with Gasteiger partial charge in [0, 0.05) is 12.7 Å². The predicted octanol–water partition coefficient (Wildman–Crippen LogP) is 1.58. The highest BCUT2D eigenvalue weighted by atomic mass is 16.6. The highest BCUT2D eigenvalue weighted by Gasteiger charge is 2.32. The Morgan fingerprint density at radius 1 is 1.58 bits per heavy atom. The number of aromatic nitrogens is 1. The van der Waals surface area contributed by atoms with E-state index >= 15 is 0 Å². The standard InChI is InChI=1S/C12H14N4O3/c13-7-9-3-6-14-11(10(9)16(18)19)15-8-12(17)4-1-2-5-12/h3,6,17H,1-2,4-5,8H2,(H,14,15). The van der Waals surface area contributed by atoms with E-state index in [1.807, 2.05) is 0 Å². The van der Waals surface area contributed by atoms with Crippen molar-refractivity contribution in [1.29, 1.82) is 5.26 Å². The van der Waals surface area contributed by atoms with E-state index in [2.05, 4.69) is 10.3 Å². The Hall–Kier alpha value is -2.20. The molecule has 0 radical (unpaired) electrons. The molecule has 19 heavy (non-hydrogen) atoms. The van der Waals surface area contributed by atoms with Gasteiger partial charge in [-0.05, 0) is 18.9 Å². The third-order valence-electron chi connectivity index (χ3n) is 3.35. The highest BCUT2D eigenvalue weighted by Crippen LogP contribution is 2.31. The molecule has 100 valence electrons. The molecule has 0 aliphatic heterocycles. The summed E-state index contributed by atoms with van der Waals surface area (Å²) in [6, 6.07) is 3.07. The molecule has 0 amide bonds. The Balaban J connectivity index is 2.21. The van der Waals surface area contributed by atoms with Gasteiger partial charge in [0.2, 0.25) is 5.82 Å². The zero-order chi connectivity index (χ0) is 13.9. The van der Waals surface area contributed by atoms with Gasteiger partial charge in [0.1, 0.15) is 11.6 Å². The van der Waals surface area contributed by atoms with Gasteiger partial charge in [0.05, 0.1) is 10.5 Å². The fraction of sp³-hybridized carbons (Fsp3) is 0.500. The van der Waals surface area contributed by atoms with Crippen molar-refractivity contribution in [3.05, 3.63) is 27.9 Å². The summed E-state index contributed by atoms with van der Waals surface area (Å²) in [5.41, 5.74) is -1.22. The van der Waals surface area contributed by atoms with Gasteiger partial charge < -0.3 is 10.4 Å². The van der Waals surface area contributed by atoms with E-state index in [4.69, 9.17) is 5.26 Å². The van der Waals surface area contributed by atoms with Crippen LogP contribution in [0.25, 0.3) is 0 Å². The van der Waals surface area contributed by atoms with Crippen molar-refractivity contribution in [2.75, 3.05) is 11.9 Å². The Labute approximate surface area is 110 Å². The molecule has 1 aromatic heterocycles. The number of hydrogen-bond acceptors (Lipinski definition) is 6. The smallest absolute Gasteiger partial charge is 0.328 e. The lowest BCUT2D eigenvalue weighted by Crippen LogP contribution is -2.33. The van der Waals surface area contributed by atoms with E-state index in [0.717, 1.165) is 12.8 Å². The van der Waals surface area contributed by atoms with Crippen LogP contribution in [0.1, 0.15) is 31.2 Å². The SMILES string of the molecule is N#Cc1ccnc(NCC2(O)CCCC2)c1[N+](=O)[O-]. The summed E-state index contributed by atoms with van der Waals surface area (Å²) < 4.78 is 0. The molecule has 0 atom stereocenters. The molecule has 1 heterocycles. The van der Waals surface area contributed by atoms with Gasteiger partial charge >= 0.3 is 5.69 Å². The van der Waals surface area contributed by atoms with Crippen LogP contribution in [0.3, 0.4) is 0 Å². The largest absolute Gasteiger partial charge is 0.388 e. The number of nitriles is 1. The van der Waals surface area contributed by atoms with Crippen molar-refractivity contribution in [3.8, 4) is 6.07 Å². The summed E-state index contributed by atoms with van der Waals surface area (Å²) >= 11 is 0. The molecular formula is C12H14N4O3. The number of nitrogens with one attached hydrogen (secondary N) is 1. The van der Waals surface area contributed by atoms with E-state index in [1.54, 1.807) is 6.07 Å². The summed E-state index contributed by atoms with van der Waals surface area (Å²) in [5, 5.41) is 32.8. The predicted molar refractivity (Wildman–Crippen MR) is 67.5 cm³/mol. The molecule has 0 aromatic carbocycles. The van der Waals surface area contributed by atoms with Crippen LogP contribution in [0.15, 0.2) is 12.3 Å². The Morgan fingerprint density at radius 3 is 2.84 bits per heavy atom. The van der Waals surface area contributed by atoms with Gasteiger partial charge in [-0.2, -0.15) is 5.26 Å². The van der Waals surface area contributed by atoms with Crippen molar-refractivity contribution in [1.82, 2.24) is 4.98 Å². The molecule has 1 saturated carbocycles. The van der Waals surface area contributed by atoms with Crippen LogP contribution < -0.4 is 5.32 Å². The molecular weight excluding hydrogens is 248 g/mol. The van der Waals surface area contributed by atoms with E-state index in [9.17, 15) is 15.2 Å². The number of nitro groups is 1. The molecule has 0 spiro atoms. The molecule has 1 aliphatic rings. The Morgan fingerprint density at radius 2 is 2.26 bits per heavy atom. The maximum Gasteiger partial charge on any atom is 0.328 e. The first-order valence-electron chi connectivity index (χ1n) is 6.05. The summed E-state index contributed by atoms with van der Waals surface area (Å²) in [6.45, 7) is 0.204. The number of anilines is 1. The first-order valence-corrected chi connectivity index (χ1v) is 6.05. The number of rotatable bonds is 4. The molecule has 1 aromatic rings. The quantitative estimate of drug-likeness (QED) is 0.629. The lowest BCUT2D eigenvalue weighted by atomic mass is 10.0. The number of hydrogen-bond donors (Lipinski definition) is 2. The van der Waals surface area contributed by atoms with Crippen LogP contribution in [0, 0.1) is 21.4 Å². The highest BCUT2D eigenvalue weighted by molar-refractivity contribution is 5.64. The minimum Gasteiger partial charge on any atom is -0.388 e. The minimum atomic E-state index is -0.835. The number of pyridine rings is 1. The van der Waals surface area contributed by atoms with Crippen molar-refractivity contribution in [3.63, 3.8) is 0 Å². The summed E-state index contributed by atoms with van der Waals surface area (Å²) in [7, 11) is 0. The Bertz CT molecular complexity index is 532. The topological polar surface area (TPSA) is 112 Å². The van der Waals surface area contributed by atoms with E-state index < -0.39 is 10.5 Å². The van der Waals surface area contributed by atoms with Gasteiger partial charge in [-0.3, -0.25) is 10.1 Å². The fourth-order valence-electron chi connectivity index (χ4n) is 2.32. The van der Waals surface area contributed by atoms with Gasteiger partial charge in [-0.1, -0.05) is 12.8 Å². The zero-order valence-electron chi connectivity index (χ0n) is 10.3. The molecule has 1 aliphatic carbocycles. The minimum absolute atomic E-state index is 0.0318. The van der Waals surface area contributed by atoms with Crippen molar-refractivity contribution in [2.24, 2.45) is 0 Å². The summed E-state index contributed by atoms with van der Waals surface area (Å²) in [6.07, 6.45) is 4.59. The van der Waals surface area contributed by atoms with E-state index in [0.29, 0.717) is 12.8 Å². The zero-order valence-corrected chi connectivity index (χ0v) is 10.3.